The van der Waals surface area contributed by atoms with Crippen molar-refractivity contribution < 1.29 is 9.90 Å². The molecule has 0 bridgehead atoms. The van der Waals surface area contributed by atoms with Crippen molar-refractivity contribution in [1.82, 2.24) is 15.2 Å². The summed E-state index contributed by atoms with van der Waals surface area (Å²) in [6.45, 7) is 3.95. The smallest absolute Gasteiger partial charge is 0.365 e. The van der Waals surface area contributed by atoms with Gasteiger partial charge >= 0.3 is 5.97 Å². The molecule has 6 heteroatoms. The number of nitrogens with zero attached hydrogens (tertiary/aromatic N) is 2. The minimum atomic E-state index is -0.946. The maximum atomic E-state index is 10.7. The number of carboxylic acids is 1. The van der Waals surface area contributed by atoms with Gasteiger partial charge in [0, 0.05) is 18.5 Å². The lowest BCUT2D eigenvalue weighted by Gasteiger charge is -2.10. The van der Waals surface area contributed by atoms with Gasteiger partial charge in [-0.2, -0.15) is 0 Å². The van der Waals surface area contributed by atoms with Gasteiger partial charge in [0.05, 0.1) is 5.69 Å². The molecule has 1 aliphatic rings. The summed E-state index contributed by atoms with van der Waals surface area (Å²) >= 11 is 1.18. The maximum absolute atomic E-state index is 10.7. The van der Waals surface area contributed by atoms with Gasteiger partial charge in [-0.1, -0.05) is 0 Å². The average Bonchev–Trinajstić information content (AvgIpc) is 2.88. The summed E-state index contributed by atoms with van der Waals surface area (Å²) in [4.78, 5) is 17.0. The van der Waals surface area contributed by atoms with E-state index in [1.807, 2.05) is 0 Å². The summed E-state index contributed by atoms with van der Waals surface area (Å²) in [7, 11) is 2.14. The van der Waals surface area contributed by atoms with Crippen molar-refractivity contribution >= 4 is 17.3 Å². The summed E-state index contributed by atoms with van der Waals surface area (Å²) in [5.74, 6) is -0.240. The number of aromatic nitrogens is 1. The first-order valence-corrected chi connectivity index (χ1v) is 6.60. The maximum Gasteiger partial charge on any atom is 0.365 e. The quantitative estimate of drug-likeness (QED) is 0.818. The van der Waals surface area contributed by atoms with Gasteiger partial charge in [-0.3, -0.25) is 0 Å². The SMILES string of the molecule is CN1CCC(CNCc2csc(C(=O)O)n2)C1. The van der Waals surface area contributed by atoms with Crippen LogP contribution in [0.5, 0.6) is 0 Å². The normalized spacial score (nSPS) is 20.9. The van der Waals surface area contributed by atoms with Gasteiger partial charge in [-0.05, 0) is 32.5 Å². The molecule has 1 aromatic heterocycles. The van der Waals surface area contributed by atoms with Crippen LogP contribution in [0.25, 0.3) is 0 Å². The van der Waals surface area contributed by atoms with Crippen LogP contribution in [0.4, 0.5) is 0 Å². The van der Waals surface area contributed by atoms with Crippen LogP contribution in [0.2, 0.25) is 0 Å². The number of nitrogens with one attached hydrogen (secondary N) is 1. The van der Waals surface area contributed by atoms with E-state index in [4.69, 9.17) is 5.11 Å². The van der Waals surface area contributed by atoms with Crippen LogP contribution < -0.4 is 5.32 Å². The summed E-state index contributed by atoms with van der Waals surface area (Å²) in [6.07, 6.45) is 1.24. The van der Waals surface area contributed by atoms with Gasteiger partial charge in [-0.25, -0.2) is 9.78 Å². The van der Waals surface area contributed by atoms with E-state index in [1.165, 1.54) is 24.3 Å². The second-order valence-electron chi connectivity index (χ2n) is 4.50. The van der Waals surface area contributed by atoms with Crippen molar-refractivity contribution in [2.24, 2.45) is 5.92 Å². The molecule has 0 saturated carbocycles. The molecular formula is C11H17N3O2S. The van der Waals surface area contributed by atoms with E-state index in [9.17, 15) is 4.79 Å². The Balaban J connectivity index is 1.72. The third-order valence-corrected chi connectivity index (χ3v) is 3.84. The largest absolute Gasteiger partial charge is 0.476 e. The first-order chi connectivity index (χ1) is 8.15. The third-order valence-electron chi connectivity index (χ3n) is 2.96. The Hall–Kier alpha value is -0.980. The van der Waals surface area contributed by atoms with E-state index in [0.717, 1.165) is 18.8 Å². The molecule has 1 unspecified atom stereocenters. The average molecular weight is 255 g/mol. The number of carboxylic acid groups (broad SMARTS) is 1. The number of carbonyl (C=O) groups is 1. The second-order valence-corrected chi connectivity index (χ2v) is 5.36. The zero-order chi connectivity index (χ0) is 12.3. The van der Waals surface area contributed by atoms with Crippen molar-refractivity contribution in [2.75, 3.05) is 26.7 Å². The van der Waals surface area contributed by atoms with E-state index >= 15 is 0 Å². The molecule has 0 aromatic carbocycles. The molecule has 1 atom stereocenters. The summed E-state index contributed by atoms with van der Waals surface area (Å²) in [6, 6.07) is 0. The number of aromatic carboxylic acids is 1. The summed E-state index contributed by atoms with van der Waals surface area (Å²) in [5, 5.41) is 14.1. The lowest BCUT2D eigenvalue weighted by molar-refractivity contribution is 0.0696. The molecule has 1 saturated heterocycles. The van der Waals surface area contributed by atoms with Gasteiger partial charge < -0.3 is 15.3 Å². The fraction of sp³-hybridized carbons (Fsp3) is 0.636. The highest BCUT2D eigenvalue weighted by Crippen LogP contribution is 2.13. The van der Waals surface area contributed by atoms with Gasteiger partial charge in [0.15, 0.2) is 0 Å². The molecule has 94 valence electrons. The van der Waals surface area contributed by atoms with Crippen LogP contribution in [-0.2, 0) is 6.54 Å². The zero-order valence-corrected chi connectivity index (χ0v) is 10.7. The minimum absolute atomic E-state index is 0.169. The van der Waals surface area contributed by atoms with Crippen LogP contribution >= 0.6 is 11.3 Å². The van der Waals surface area contributed by atoms with Crippen molar-refractivity contribution in [3.05, 3.63) is 16.1 Å². The molecule has 0 radical (unpaired) electrons. The van der Waals surface area contributed by atoms with E-state index < -0.39 is 5.97 Å². The standard InChI is InChI=1S/C11H17N3O2S/c1-14-3-2-8(6-14)4-12-5-9-7-17-10(13-9)11(15)16/h7-8,12H,2-6H2,1H3,(H,15,16). The molecule has 1 aromatic rings. The van der Waals surface area contributed by atoms with E-state index in [2.05, 4.69) is 22.2 Å². The molecule has 17 heavy (non-hydrogen) atoms. The number of hydrogen-bond donors (Lipinski definition) is 2. The van der Waals surface area contributed by atoms with Gasteiger partial charge in [0.2, 0.25) is 5.01 Å². The summed E-state index contributed by atoms with van der Waals surface area (Å²) in [5.41, 5.74) is 0.818. The molecule has 2 heterocycles. The lowest BCUT2D eigenvalue weighted by atomic mass is 10.1. The van der Waals surface area contributed by atoms with E-state index in [0.29, 0.717) is 12.5 Å². The van der Waals surface area contributed by atoms with Crippen molar-refractivity contribution in [3.63, 3.8) is 0 Å². The molecule has 0 spiro atoms. The summed E-state index contributed by atoms with van der Waals surface area (Å²) < 4.78 is 0. The minimum Gasteiger partial charge on any atom is -0.476 e. The first-order valence-electron chi connectivity index (χ1n) is 5.72. The lowest BCUT2D eigenvalue weighted by Crippen LogP contribution is -2.24. The number of likely N-dealkylation sites (tertiary alicyclic amines) is 1. The molecule has 0 amide bonds. The van der Waals surface area contributed by atoms with Crippen molar-refractivity contribution in [2.45, 2.75) is 13.0 Å². The molecule has 2 N–H and O–H groups in total. The predicted molar refractivity (Wildman–Crippen MR) is 66.4 cm³/mol. The highest BCUT2D eigenvalue weighted by molar-refractivity contribution is 7.11. The Labute approximate surface area is 104 Å². The molecule has 1 aliphatic heterocycles. The molecule has 1 fully saturated rings. The fourth-order valence-corrected chi connectivity index (χ4v) is 2.74. The number of thiazole rings is 1. The van der Waals surface area contributed by atoms with Gasteiger partial charge in [0.25, 0.3) is 0 Å². The Bertz CT molecular complexity index is 394. The Kier molecular flexibility index (Phi) is 4.09. The Morgan fingerprint density at radius 2 is 2.59 bits per heavy atom. The van der Waals surface area contributed by atoms with E-state index in [1.54, 1.807) is 5.38 Å². The highest BCUT2D eigenvalue weighted by atomic mass is 32.1. The van der Waals surface area contributed by atoms with E-state index in [-0.39, 0.29) is 5.01 Å². The van der Waals surface area contributed by atoms with Crippen LogP contribution in [0.3, 0.4) is 0 Å². The monoisotopic (exact) mass is 255 g/mol. The topological polar surface area (TPSA) is 65.5 Å². The van der Waals surface area contributed by atoms with Gasteiger partial charge in [-0.15, -0.1) is 11.3 Å². The first kappa shape index (κ1) is 12.5. The highest BCUT2D eigenvalue weighted by Gasteiger charge is 2.18. The Morgan fingerprint density at radius 1 is 1.76 bits per heavy atom. The molecule has 5 nitrogen and oxygen atoms in total. The molecule has 2 rings (SSSR count). The van der Waals surface area contributed by atoms with Crippen molar-refractivity contribution in [3.8, 4) is 0 Å². The number of hydrogen-bond acceptors (Lipinski definition) is 5. The third kappa shape index (κ3) is 3.49. The number of rotatable bonds is 5. The predicted octanol–water partition coefficient (Wildman–Crippen LogP) is 0.883. The van der Waals surface area contributed by atoms with Gasteiger partial charge in [0.1, 0.15) is 0 Å². The second kappa shape index (κ2) is 5.57. The van der Waals surface area contributed by atoms with Crippen LogP contribution in [0.15, 0.2) is 5.38 Å². The fourth-order valence-electron chi connectivity index (χ4n) is 2.08. The van der Waals surface area contributed by atoms with Crippen LogP contribution in [0.1, 0.15) is 21.9 Å². The Morgan fingerprint density at radius 3 is 3.18 bits per heavy atom. The molecular weight excluding hydrogens is 238 g/mol. The zero-order valence-electron chi connectivity index (χ0n) is 9.85. The van der Waals surface area contributed by atoms with Crippen molar-refractivity contribution in [1.29, 1.82) is 0 Å². The molecule has 0 aliphatic carbocycles. The van der Waals surface area contributed by atoms with Crippen LogP contribution in [0, 0.1) is 5.92 Å². The van der Waals surface area contributed by atoms with Crippen LogP contribution in [-0.4, -0.2) is 47.6 Å².